The number of carbonyl (C=O) groups excluding carboxylic acids is 1. The predicted octanol–water partition coefficient (Wildman–Crippen LogP) is 2.66. The van der Waals surface area contributed by atoms with Gasteiger partial charge in [0.2, 0.25) is 0 Å². The molecule has 24 heavy (non-hydrogen) atoms. The molecule has 0 unspecified atom stereocenters. The number of hydrogen-bond acceptors (Lipinski definition) is 4. The average molecular weight is 344 g/mol. The first-order valence-electron chi connectivity index (χ1n) is 7.30. The van der Waals surface area contributed by atoms with Gasteiger partial charge < -0.3 is 14.7 Å². The molecule has 0 saturated heterocycles. The molecule has 3 rings (SSSR count). The minimum Gasteiger partial charge on any atom is -0.463 e. The van der Waals surface area contributed by atoms with Gasteiger partial charge in [0.1, 0.15) is 11.5 Å². The Labute approximate surface area is 142 Å². The van der Waals surface area contributed by atoms with Crippen molar-refractivity contribution < 1.29 is 9.21 Å². The number of H-pyrrole nitrogens is 1. The zero-order valence-electron chi connectivity index (χ0n) is 12.6. The van der Waals surface area contributed by atoms with Gasteiger partial charge in [-0.2, -0.15) is 4.98 Å². The first-order chi connectivity index (χ1) is 11.6. The summed E-state index contributed by atoms with van der Waals surface area (Å²) in [4.78, 5) is 30.1. The molecule has 6 nitrogen and oxygen atoms in total. The van der Waals surface area contributed by atoms with Crippen LogP contribution >= 0.6 is 11.6 Å². The Morgan fingerprint density at radius 3 is 2.75 bits per heavy atom. The molecule has 0 fully saturated rings. The summed E-state index contributed by atoms with van der Waals surface area (Å²) < 4.78 is 5.22. The van der Waals surface area contributed by atoms with Crippen LogP contribution in [-0.2, 0) is 6.42 Å². The highest BCUT2D eigenvalue weighted by Crippen LogP contribution is 2.16. The molecule has 7 heteroatoms. The molecular weight excluding hydrogens is 330 g/mol. The topological polar surface area (TPSA) is 88.0 Å². The average Bonchev–Trinajstić information content (AvgIpc) is 3.10. The molecule has 0 aliphatic heterocycles. The van der Waals surface area contributed by atoms with E-state index in [0.717, 1.165) is 5.56 Å². The van der Waals surface area contributed by atoms with Crippen molar-refractivity contribution in [2.45, 2.75) is 6.42 Å². The van der Waals surface area contributed by atoms with Crippen LogP contribution in [0.15, 0.2) is 57.9 Å². The molecule has 0 aliphatic carbocycles. The molecule has 1 amide bonds. The summed E-state index contributed by atoms with van der Waals surface area (Å²) in [7, 11) is 0. The number of carbonyl (C=O) groups is 1. The summed E-state index contributed by atoms with van der Waals surface area (Å²) in [6, 6.07) is 12.3. The van der Waals surface area contributed by atoms with Gasteiger partial charge in [-0.3, -0.25) is 4.79 Å². The minimum absolute atomic E-state index is 0.0428. The fourth-order valence-corrected chi connectivity index (χ4v) is 2.33. The number of nitrogens with zero attached hydrogens (tertiary/aromatic N) is 1. The summed E-state index contributed by atoms with van der Waals surface area (Å²) >= 11 is 5.83. The molecule has 0 spiro atoms. The number of rotatable bonds is 5. The van der Waals surface area contributed by atoms with Crippen LogP contribution in [0.3, 0.4) is 0 Å². The zero-order valence-corrected chi connectivity index (χ0v) is 13.3. The first kappa shape index (κ1) is 16.0. The molecule has 2 aromatic heterocycles. The maximum absolute atomic E-state index is 12.2. The summed E-state index contributed by atoms with van der Waals surface area (Å²) in [5, 5.41) is 3.41. The monoisotopic (exact) mass is 343 g/mol. The van der Waals surface area contributed by atoms with E-state index in [9.17, 15) is 9.59 Å². The zero-order chi connectivity index (χ0) is 16.9. The van der Waals surface area contributed by atoms with Crippen molar-refractivity contribution in [1.82, 2.24) is 15.3 Å². The Bertz CT molecular complexity index is 886. The quantitative estimate of drug-likeness (QED) is 0.745. The number of halogens is 1. The van der Waals surface area contributed by atoms with Gasteiger partial charge in [0.15, 0.2) is 0 Å². The third-order valence-electron chi connectivity index (χ3n) is 3.38. The summed E-state index contributed by atoms with van der Waals surface area (Å²) in [5.41, 5.74) is 0.894. The van der Waals surface area contributed by atoms with Gasteiger partial charge in [0.25, 0.3) is 5.91 Å². The third-order valence-corrected chi connectivity index (χ3v) is 3.63. The summed E-state index contributed by atoms with van der Waals surface area (Å²) in [6.07, 6.45) is 2.14. The molecule has 0 bridgehead atoms. The molecule has 0 atom stereocenters. The predicted molar refractivity (Wildman–Crippen MR) is 90.0 cm³/mol. The Hall–Kier alpha value is -2.86. The van der Waals surface area contributed by atoms with Gasteiger partial charge in [-0.1, -0.05) is 23.7 Å². The minimum atomic E-state index is -0.605. The number of hydrogen-bond donors (Lipinski definition) is 2. The molecule has 1 aromatic carbocycles. The number of amides is 1. The van der Waals surface area contributed by atoms with Gasteiger partial charge >= 0.3 is 5.69 Å². The fraction of sp³-hybridized carbons (Fsp3) is 0.118. The lowest BCUT2D eigenvalue weighted by atomic mass is 10.1. The maximum Gasteiger partial charge on any atom is 0.346 e. The van der Waals surface area contributed by atoms with Gasteiger partial charge in [0, 0.05) is 11.6 Å². The standard InChI is InChI=1S/C17H14ClN3O3/c18-12-5-3-11(4-6-12)7-8-19-16(22)14-10-13(20-17(23)21-14)15-2-1-9-24-15/h1-6,9-10H,7-8H2,(H,19,22)(H,20,21,23). The van der Waals surface area contributed by atoms with Gasteiger partial charge in [-0.15, -0.1) is 0 Å². The third kappa shape index (κ3) is 3.91. The van der Waals surface area contributed by atoms with Crippen LogP contribution in [0.1, 0.15) is 16.1 Å². The molecule has 2 heterocycles. The SMILES string of the molecule is O=C(NCCc1ccc(Cl)cc1)c1cc(-c2ccco2)[nH]c(=O)n1. The van der Waals surface area contributed by atoms with Crippen LogP contribution in [0.5, 0.6) is 0 Å². The van der Waals surface area contributed by atoms with E-state index in [1.807, 2.05) is 12.1 Å². The maximum atomic E-state index is 12.2. The van der Waals surface area contributed by atoms with E-state index in [-0.39, 0.29) is 5.69 Å². The van der Waals surface area contributed by atoms with Crippen molar-refractivity contribution in [1.29, 1.82) is 0 Å². The Balaban J connectivity index is 1.66. The van der Waals surface area contributed by atoms with Crippen LogP contribution in [0, 0.1) is 0 Å². The van der Waals surface area contributed by atoms with Crippen LogP contribution in [0.4, 0.5) is 0 Å². The highest BCUT2D eigenvalue weighted by molar-refractivity contribution is 6.30. The highest BCUT2D eigenvalue weighted by Gasteiger charge is 2.12. The second-order valence-electron chi connectivity index (χ2n) is 5.09. The number of aromatic nitrogens is 2. The normalized spacial score (nSPS) is 10.5. The number of furan rings is 1. The largest absolute Gasteiger partial charge is 0.463 e. The van der Waals surface area contributed by atoms with Crippen LogP contribution < -0.4 is 11.0 Å². The van der Waals surface area contributed by atoms with Crippen molar-refractivity contribution in [3.63, 3.8) is 0 Å². The lowest BCUT2D eigenvalue weighted by molar-refractivity contribution is 0.0948. The lowest BCUT2D eigenvalue weighted by Gasteiger charge is -2.06. The van der Waals surface area contributed by atoms with Crippen molar-refractivity contribution in [3.05, 3.63) is 75.5 Å². The van der Waals surface area contributed by atoms with Crippen LogP contribution in [0.2, 0.25) is 5.02 Å². The van der Waals surface area contributed by atoms with E-state index in [1.165, 1.54) is 12.3 Å². The van der Waals surface area contributed by atoms with Crippen LogP contribution in [0.25, 0.3) is 11.5 Å². The van der Waals surface area contributed by atoms with E-state index in [4.69, 9.17) is 16.0 Å². The second kappa shape index (κ2) is 7.14. The number of aromatic amines is 1. The van der Waals surface area contributed by atoms with E-state index in [0.29, 0.717) is 29.4 Å². The first-order valence-corrected chi connectivity index (χ1v) is 7.67. The van der Waals surface area contributed by atoms with Crippen molar-refractivity contribution in [2.24, 2.45) is 0 Å². The van der Waals surface area contributed by atoms with Gasteiger partial charge in [0.05, 0.1) is 12.0 Å². The Kier molecular flexibility index (Phi) is 4.77. The molecule has 0 saturated carbocycles. The second-order valence-corrected chi connectivity index (χ2v) is 5.53. The molecule has 122 valence electrons. The van der Waals surface area contributed by atoms with Crippen molar-refractivity contribution >= 4 is 17.5 Å². The summed E-state index contributed by atoms with van der Waals surface area (Å²) in [5.74, 6) is 0.0487. The fourth-order valence-electron chi connectivity index (χ4n) is 2.20. The smallest absolute Gasteiger partial charge is 0.346 e. The van der Waals surface area contributed by atoms with E-state index in [1.54, 1.807) is 24.3 Å². The molecular formula is C17H14ClN3O3. The Morgan fingerprint density at radius 1 is 1.25 bits per heavy atom. The van der Waals surface area contributed by atoms with Gasteiger partial charge in [-0.05, 0) is 42.3 Å². The highest BCUT2D eigenvalue weighted by atomic mass is 35.5. The lowest BCUT2D eigenvalue weighted by Crippen LogP contribution is -2.29. The number of benzene rings is 1. The number of nitrogens with one attached hydrogen (secondary N) is 2. The van der Waals surface area contributed by atoms with E-state index in [2.05, 4.69) is 15.3 Å². The van der Waals surface area contributed by atoms with Crippen molar-refractivity contribution in [3.8, 4) is 11.5 Å². The Morgan fingerprint density at radius 2 is 2.04 bits per heavy atom. The van der Waals surface area contributed by atoms with Crippen LogP contribution in [-0.4, -0.2) is 22.4 Å². The molecule has 3 aromatic rings. The van der Waals surface area contributed by atoms with E-state index >= 15 is 0 Å². The van der Waals surface area contributed by atoms with Gasteiger partial charge in [-0.25, -0.2) is 4.79 Å². The molecule has 0 aliphatic rings. The van der Waals surface area contributed by atoms with E-state index < -0.39 is 11.6 Å². The van der Waals surface area contributed by atoms with Crippen molar-refractivity contribution in [2.75, 3.05) is 6.54 Å². The molecule has 0 radical (unpaired) electrons. The summed E-state index contributed by atoms with van der Waals surface area (Å²) in [6.45, 7) is 0.422. The molecule has 2 N–H and O–H groups in total.